The Morgan fingerprint density at radius 2 is 1.64 bits per heavy atom. The van der Waals surface area contributed by atoms with Gasteiger partial charge in [0, 0.05) is 24.8 Å². The van der Waals surface area contributed by atoms with Gasteiger partial charge < -0.3 is 29.2 Å². The predicted octanol–water partition coefficient (Wildman–Crippen LogP) is 4.24. The fourth-order valence-electron chi connectivity index (χ4n) is 4.52. The number of methoxy groups -OCH3 is 4. The summed E-state index contributed by atoms with van der Waals surface area (Å²) < 4.78 is 21.8. The molecule has 1 aliphatic rings. The molecular formula is C27H29N3O6. The normalized spacial score (nSPS) is 17.3. The quantitative estimate of drug-likeness (QED) is 0.503. The minimum absolute atomic E-state index is 0.119. The summed E-state index contributed by atoms with van der Waals surface area (Å²) in [6.45, 7) is 0. The number of aromatic nitrogens is 1. The third kappa shape index (κ3) is 4.91. The van der Waals surface area contributed by atoms with Gasteiger partial charge in [-0.3, -0.25) is 9.59 Å². The second kappa shape index (κ2) is 11.0. The number of hydrogen-bond donors (Lipinski definition) is 1. The third-order valence-corrected chi connectivity index (χ3v) is 6.24. The molecule has 4 rings (SSSR count). The predicted molar refractivity (Wildman–Crippen MR) is 135 cm³/mol. The second-order valence-electron chi connectivity index (χ2n) is 8.21. The summed E-state index contributed by atoms with van der Waals surface area (Å²) in [7, 11) is 6.14. The topological polar surface area (TPSA) is 99.2 Å². The summed E-state index contributed by atoms with van der Waals surface area (Å²) in [4.78, 5) is 32.8. The van der Waals surface area contributed by atoms with E-state index >= 15 is 0 Å². The van der Waals surface area contributed by atoms with E-state index in [9.17, 15) is 9.59 Å². The van der Waals surface area contributed by atoms with Crippen LogP contribution in [0.5, 0.6) is 23.0 Å². The van der Waals surface area contributed by atoms with E-state index in [1.165, 1.54) is 21.3 Å². The van der Waals surface area contributed by atoms with E-state index in [2.05, 4.69) is 10.3 Å². The average Bonchev–Trinajstić information content (AvgIpc) is 2.92. The first-order valence-electron chi connectivity index (χ1n) is 11.5. The minimum Gasteiger partial charge on any atom is -0.497 e. The highest BCUT2D eigenvalue weighted by Crippen LogP contribution is 2.46. The van der Waals surface area contributed by atoms with Gasteiger partial charge in [0.1, 0.15) is 11.6 Å². The van der Waals surface area contributed by atoms with Gasteiger partial charge in [-0.25, -0.2) is 4.98 Å². The Bertz CT molecular complexity index is 1190. The van der Waals surface area contributed by atoms with Crippen LogP contribution in [0.1, 0.15) is 24.4 Å². The van der Waals surface area contributed by atoms with Crippen molar-refractivity contribution in [3.63, 3.8) is 0 Å². The Balaban J connectivity index is 1.82. The number of nitrogens with one attached hydrogen (secondary N) is 1. The molecule has 9 heteroatoms. The van der Waals surface area contributed by atoms with E-state index in [-0.39, 0.29) is 18.2 Å². The SMILES string of the molecule is COc1ccc([C@@H]2[C@@H](C(=O)Nc3ccccn3)CCC(=O)N2c2cc(OC)c(OC)c(OC)c2)cc1. The lowest BCUT2D eigenvalue weighted by Gasteiger charge is -2.41. The molecule has 2 aromatic carbocycles. The molecular weight excluding hydrogens is 462 g/mol. The molecule has 0 radical (unpaired) electrons. The summed E-state index contributed by atoms with van der Waals surface area (Å²) in [5, 5.41) is 2.90. The van der Waals surface area contributed by atoms with Crippen molar-refractivity contribution >= 4 is 23.3 Å². The molecule has 0 aliphatic carbocycles. The molecule has 0 bridgehead atoms. The smallest absolute Gasteiger partial charge is 0.231 e. The number of amides is 2. The molecule has 0 saturated carbocycles. The molecule has 188 valence electrons. The number of benzene rings is 2. The van der Waals surface area contributed by atoms with Crippen LogP contribution >= 0.6 is 0 Å². The number of carbonyl (C=O) groups is 2. The highest BCUT2D eigenvalue weighted by atomic mass is 16.5. The van der Waals surface area contributed by atoms with Crippen molar-refractivity contribution in [1.82, 2.24) is 4.98 Å². The molecule has 9 nitrogen and oxygen atoms in total. The molecule has 0 spiro atoms. The molecule has 2 amide bonds. The fraction of sp³-hybridized carbons (Fsp3) is 0.296. The summed E-state index contributed by atoms with van der Waals surface area (Å²) in [5.41, 5.74) is 1.32. The van der Waals surface area contributed by atoms with Gasteiger partial charge in [0.25, 0.3) is 0 Å². The Morgan fingerprint density at radius 3 is 2.19 bits per heavy atom. The number of carbonyl (C=O) groups excluding carboxylic acids is 2. The first kappa shape index (κ1) is 24.8. The highest BCUT2D eigenvalue weighted by Gasteiger charge is 2.42. The average molecular weight is 492 g/mol. The Morgan fingerprint density at radius 1 is 0.944 bits per heavy atom. The van der Waals surface area contributed by atoms with Crippen molar-refractivity contribution in [3.8, 4) is 23.0 Å². The van der Waals surface area contributed by atoms with E-state index < -0.39 is 12.0 Å². The van der Waals surface area contributed by atoms with Gasteiger partial charge in [0.2, 0.25) is 17.6 Å². The van der Waals surface area contributed by atoms with Crippen molar-refractivity contribution in [2.24, 2.45) is 5.92 Å². The molecule has 0 unspecified atom stereocenters. The summed E-state index contributed by atoms with van der Waals surface area (Å²) >= 11 is 0. The summed E-state index contributed by atoms with van der Waals surface area (Å²) in [6.07, 6.45) is 2.20. The lowest BCUT2D eigenvalue weighted by atomic mass is 9.83. The van der Waals surface area contributed by atoms with Crippen molar-refractivity contribution < 1.29 is 28.5 Å². The third-order valence-electron chi connectivity index (χ3n) is 6.24. The van der Waals surface area contributed by atoms with Crippen molar-refractivity contribution in [1.29, 1.82) is 0 Å². The maximum absolute atomic E-state index is 13.5. The van der Waals surface area contributed by atoms with Crippen molar-refractivity contribution in [3.05, 3.63) is 66.4 Å². The van der Waals surface area contributed by atoms with Gasteiger partial charge in [0.15, 0.2) is 11.5 Å². The number of nitrogens with zero attached hydrogens (tertiary/aromatic N) is 2. The summed E-state index contributed by atoms with van der Waals surface area (Å²) in [6, 6.07) is 15.5. The first-order chi connectivity index (χ1) is 17.5. The van der Waals surface area contributed by atoms with E-state index in [0.29, 0.717) is 40.9 Å². The van der Waals surface area contributed by atoms with E-state index in [0.717, 1.165) is 5.56 Å². The molecule has 1 aliphatic heterocycles. The van der Waals surface area contributed by atoms with Crippen LogP contribution in [0.3, 0.4) is 0 Å². The molecule has 36 heavy (non-hydrogen) atoms. The Labute approximate surface area is 209 Å². The zero-order valence-electron chi connectivity index (χ0n) is 20.7. The van der Waals surface area contributed by atoms with Crippen LogP contribution < -0.4 is 29.2 Å². The van der Waals surface area contributed by atoms with Crippen LogP contribution in [0.2, 0.25) is 0 Å². The van der Waals surface area contributed by atoms with Gasteiger partial charge in [-0.1, -0.05) is 18.2 Å². The Hall–Kier alpha value is -4.27. The second-order valence-corrected chi connectivity index (χ2v) is 8.21. The molecule has 1 fully saturated rings. The number of anilines is 2. The number of ether oxygens (including phenoxy) is 4. The lowest BCUT2D eigenvalue weighted by molar-refractivity contribution is -0.125. The number of rotatable bonds is 8. The van der Waals surface area contributed by atoms with Crippen LogP contribution in [0.25, 0.3) is 0 Å². The first-order valence-corrected chi connectivity index (χ1v) is 11.5. The Kier molecular flexibility index (Phi) is 7.58. The van der Waals surface area contributed by atoms with Crippen molar-refractivity contribution in [2.75, 3.05) is 38.7 Å². The van der Waals surface area contributed by atoms with Gasteiger partial charge in [0.05, 0.1) is 46.1 Å². The van der Waals surface area contributed by atoms with Crippen LogP contribution in [-0.4, -0.2) is 45.2 Å². The molecule has 2 heterocycles. The molecule has 2 atom stereocenters. The standard InChI is InChI=1S/C27H29N3O6/c1-33-19-10-8-17(9-11-19)25-20(27(32)29-23-7-5-6-14-28-23)12-13-24(31)30(25)18-15-21(34-2)26(36-4)22(16-18)35-3/h5-11,14-16,20,25H,12-13H2,1-4H3,(H,28,29,32)/t20-,25+/m0/s1. The summed E-state index contributed by atoms with van der Waals surface area (Å²) in [5.74, 6) is 1.48. The number of pyridine rings is 1. The van der Waals surface area contributed by atoms with E-state index in [1.807, 2.05) is 24.3 Å². The van der Waals surface area contributed by atoms with Gasteiger partial charge in [-0.05, 0) is 36.2 Å². The maximum atomic E-state index is 13.5. The van der Waals surface area contributed by atoms with Gasteiger partial charge in [-0.2, -0.15) is 0 Å². The maximum Gasteiger partial charge on any atom is 0.231 e. The van der Waals surface area contributed by atoms with Gasteiger partial charge in [-0.15, -0.1) is 0 Å². The van der Waals surface area contributed by atoms with Crippen molar-refractivity contribution in [2.45, 2.75) is 18.9 Å². The van der Waals surface area contributed by atoms with Crippen LogP contribution in [0.4, 0.5) is 11.5 Å². The molecule has 1 saturated heterocycles. The van der Waals surface area contributed by atoms with Crippen LogP contribution in [0, 0.1) is 5.92 Å². The fourth-order valence-corrected chi connectivity index (χ4v) is 4.52. The molecule has 3 aromatic rings. The molecule has 1 aromatic heterocycles. The largest absolute Gasteiger partial charge is 0.497 e. The number of piperidine rings is 1. The van der Waals surface area contributed by atoms with E-state index in [4.69, 9.17) is 18.9 Å². The lowest BCUT2D eigenvalue weighted by Crippen LogP contribution is -2.47. The van der Waals surface area contributed by atoms with Crippen LogP contribution in [-0.2, 0) is 9.59 Å². The number of hydrogen-bond acceptors (Lipinski definition) is 7. The van der Waals surface area contributed by atoms with Crippen LogP contribution in [0.15, 0.2) is 60.8 Å². The zero-order chi connectivity index (χ0) is 25.7. The highest BCUT2D eigenvalue weighted by molar-refractivity contribution is 6.00. The molecule has 1 N–H and O–H groups in total. The zero-order valence-corrected chi connectivity index (χ0v) is 20.7. The minimum atomic E-state index is -0.594. The monoisotopic (exact) mass is 491 g/mol. The van der Waals surface area contributed by atoms with Gasteiger partial charge >= 0.3 is 0 Å². The van der Waals surface area contributed by atoms with E-state index in [1.54, 1.807) is 48.5 Å².